The average Bonchev–Trinajstić information content (AvgIpc) is 3.22. The van der Waals surface area contributed by atoms with Crippen LogP contribution in [0.4, 0.5) is 0 Å². The zero-order chi connectivity index (χ0) is 13.8. The van der Waals surface area contributed by atoms with Crippen molar-refractivity contribution in [1.82, 2.24) is 0 Å². The molecular weight excluding hydrogens is 256 g/mol. The van der Waals surface area contributed by atoms with Crippen molar-refractivity contribution >= 4 is 5.78 Å². The van der Waals surface area contributed by atoms with E-state index >= 15 is 0 Å². The predicted molar refractivity (Wildman–Crippen MR) is 81.5 cm³/mol. The van der Waals surface area contributed by atoms with Gasteiger partial charge in [-0.15, -0.1) is 0 Å². The van der Waals surface area contributed by atoms with Crippen molar-refractivity contribution in [1.29, 1.82) is 0 Å². The molecule has 9 atom stereocenters. The van der Waals surface area contributed by atoms with E-state index in [-0.39, 0.29) is 5.41 Å². The molecule has 0 amide bonds. The molecule has 21 heavy (non-hydrogen) atoms. The highest BCUT2D eigenvalue weighted by molar-refractivity contribution is 5.89. The molecular formula is C20H28O. The number of carbonyl (C=O) groups is 1. The summed E-state index contributed by atoms with van der Waals surface area (Å²) in [5, 5.41) is 0. The second-order valence-electron chi connectivity index (χ2n) is 9.65. The molecule has 1 heteroatoms. The topological polar surface area (TPSA) is 17.1 Å². The van der Waals surface area contributed by atoms with E-state index in [4.69, 9.17) is 0 Å². The van der Waals surface area contributed by atoms with Crippen LogP contribution >= 0.6 is 0 Å². The maximum Gasteiger partial charge on any atom is 0.142 e. The molecule has 0 unspecified atom stereocenters. The fourth-order valence-corrected chi connectivity index (χ4v) is 9.06. The summed E-state index contributed by atoms with van der Waals surface area (Å²) in [6, 6.07) is 0. The predicted octanol–water partition coefficient (Wildman–Crippen LogP) is 4.45. The van der Waals surface area contributed by atoms with Crippen LogP contribution in [0.1, 0.15) is 64.2 Å². The molecule has 0 aromatic heterocycles. The Balaban J connectivity index is 1.43. The van der Waals surface area contributed by atoms with Crippen molar-refractivity contribution in [2.45, 2.75) is 64.2 Å². The number of carbonyl (C=O) groups excluding carboxylic acids is 1. The minimum Gasteiger partial charge on any atom is -0.299 e. The molecule has 0 aromatic carbocycles. The first-order chi connectivity index (χ1) is 10.3. The molecule has 1 nitrogen and oxygen atoms in total. The van der Waals surface area contributed by atoms with Crippen molar-refractivity contribution in [3.05, 3.63) is 0 Å². The van der Waals surface area contributed by atoms with Crippen LogP contribution in [0, 0.1) is 52.8 Å². The van der Waals surface area contributed by atoms with Crippen LogP contribution in [0.5, 0.6) is 0 Å². The second kappa shape index (κ2) is 3.77. The van der Waals surface area contributed by atoms with E-state index in [1.807, 2.05) is 0 Å². The Labute approximate surface area is 128 Å². The van der Waals surface area contributed by atoms with Gasteiger partial charge in [0.25, 0.3) is 0 Å². The van der Waals surface area contributed by atoms with Crippen LogP contribution in [0.15, 0.2) is 0 Å². The van der Waals surface area contributed by atoms with Gasteiger partial charge < -0.3 is 0 Å². The first-order valence-electron chi connectivity index (χ1n) is 9.82. The lowest BCUT2D eigenvalue weighted by Gasteiger charge is -2.46. The largest absolute Gasteiger partial charge is 0.299 e. The zero-order valence-corrected chi connectivity index (χ0v) is 13.1. The Hall–Kier alpha value is -0.330. The summed E-state index contributed by atoms with van der Waals surface area (Å²) in [6.45, 7) is 0. The van der Waals surface area contributed by atoms with Crippen LogP contribution in [-0.4, -0.2) is 5.78 Å². The Morgan fingerprint density at radius 3 is 2.05 bits per heavy atom. The Morgan fingerprint density at radius 1 is 0.667 bits per heavy atom. The number of ketones is 1. The SMILES string of the molecule is O=C1[C@@H]2CC[C@@H]3CC[C@H](C[C@@]14C[C@@H]1CC[C@@H]5CC[C@H]4[C@H]51)[C@H]32. The molecule has 0 saturated heterocycles. The fourth-order valence-electron chi connectivity index (χ4n) is 9.06. The third kappa shape index (κ3) is 1.27. The summed E-state index contributed by atoms with van der Waals surface area (Å²) in [6.07, 6.45) is 14.0. The minimum atomic E-state index is 0.190. The molecule has 6 fully saturated rings. The van der Waals surface area contributed by atoms with Crippen LogP contribution in [-0.2, 0) is 4.79 Å². The summed E-state index contributed by atoms with van der Waals surface area (Å²) in [7, 11) is 0. The van der Waals surface area contributed by atoms with E-state index in [0.29, 0.717) is 5.92 Å². The molecule has 0 aliphatic heterocycles. The molecule has 114 valence electrons. The molecule has 0 radical (unpaired) electrons. The number of rotatable bonds is 0. The normalized spacial score (nSPS) is 63.5. The first-order valence-corrected chi connectivity index (χ1v) is 9.82. The third-order valence-electron chi connectivity index (χ3n) is 9.41. The summed E-state index contributed by atoms with van der Waals surface area (Å²) < 4.78 is 0. The molecule has 0 aromatic rings. The summed E-state index contributed by atoms with van der Waals surface area (Å²) in [4.78, 5) is 13.6. The lowest BCUT2D eigenvalue weighted by atomic mass is 9.56. The highest BCUT2D eigenvalue weighted by Gasteiger charge is 2.68. The van der Waals surface area contributed by atoms with Gasteiger partial charge in [0.15, 0.2) is 0 Å². The number of Topliss-reactive ketones (excluding diaryl/α,β-unsaturated/α-hetero) is 1. The number of hydrogen-bond donors (Lipinski definition) is 0. The van der Waals surface area contributed by atoms with Crippen LogP contribution in [0.25, 0.3) is 0 Å². The Bertz CT molecular complexity index is 510. The van der Waals surface area contributed by atoms with Gasteiger partial charge >= 0.3 is 0 Å². The molecule has 6 aliphatic carbocycles. The summed E-state index contributed by atoms with van der Waals surface area (Å²) in [5.74, 6) is 7.79. The highest BCUT2D eigenvalue weighted by atomic mass is 16.1. The molecule has 0 bridgehead atoms. The lowest BCUT2D eigenvalue weighted by molar-refractivity contribution is -0.144. The quantitative estimate of drug-likeness (QED) is 0.642. The molecule has 6 saturated carbocycles. The third-order valence-corrected chi connectivity index (χ3v) is 9.41. The summed E-state index contributed by atoms with van der Waals surface area (Å²) in [5.41, 5.74) is 0.190. The fraction of sp³-hybridized carbons (Fsp3) is 0.950. The first kappa shape index (κ1) is 12.1. The van der Waals surface area contributed by atoms with E-state index in [2.05, 4.69) is 0 Å². The standard InChI is InChI=1S/C20H28O/c21-19-15-7-5-11-1-3-13(17(11)15)9-20(19)10-14-4-2-12-6-8-16(20)18(12)14/h11-18H,1-10H2/t11-,12+,13+,14-,15+,16-,17-,18+,20-/m0/s1. The minimum absolute atomic E-state index is 0.190. The van der Waals surface area contributed by atoms with Crippen molar-refractivity contribution < 1.29 is 4.79 Å². The van der Waals surface area contributed by atoms with E-state index in [0.717, 1.165) is 47.2 Å². The second-order valence-corrected chi connectivity index (χ2v) is 9.65. The van der Waals surface area contributed by atoms with E-state index < -0.39 is 0 Å². The van der Waals surface area contributed by atoms with Gasteiger partial charge in [-0.25, -0.2) is 0 Å². The molecule has 0 heterocycles. The Kier molecular flexibility index (Phi) is 2.18. The van der Waals surface area contributed by atoms with Crippen LogP contribution < -0.4 is 0 Å². The Morgan fingerprint density at radius 2 is 1.24 bits per heavy atom. The van der Waals surface area contributed by atoms with Crippen LogP contribution in [0.2, 0.25) is 0 Å². The van der Waals surface area contributed by atoms with Gasteiger partial charge in [0, 0.05) is 11.3 Å². The van der Waals surface area contributed by atoms with Crippen molar-refractivity contribution in [2.24, 2.45) is 52.8 Å². The average molecular weight is 284 g/mol. The molecule has 0 N–H and O–H groups in total. The summed E-state index contributed by atoms with van der Waals surface area (Å²) >= 11 is 0. The van der Waals surface area contributed by atoms with Gasteiger partial charge in [0.2, 0.25) is 0 Å². The molecule has 6 aliphatic rings. The van der Waals surface area contributed by atoms with Gasteiger partial charge in [-0.05, 0) is 106 Å². The van der Waals surface area contributed by atoms with E-state index in [1.165, 1.54) is 64.2 Å². The van der Waals surface area contributed by atoms with Crippen LogP contribution in [0.3, 0.4) is 0 Å². The number of hydrogen-bond acceptors (Lipinski definition) is 1. The van der Waals surface area contributed by atoms with Crippen molar-refractivity contribution in [3.63, 3.8) is 0 Å². The maximum atomic E-state index is 13.6. The van der Waals surface area contributed by atoms with E-state index in [9.17, 15) is 4.79 Å². The maximum absolute atomic E-state index is 13.6. The molecule has 1 spiro atoms. The van der Waals surface area contributed by atoms with E-state index in [1.54, 1.807) is 0 Å². The van der Waals surface area contributed by atoms with Gasteiger partial charge in [-0.1, -0.05) is 0 Å². The van der Waals surface area contributed by atoms with Crippen molar-refractivity contribution in [2.75, 3.05) is 0 Å². The van der Waals surface area contributed by atoms with Gasteiger partial charge in [-0.2, -0.15) is 0 Å². The zero-order valence-electron chi connectivity index (χ0n) is 13.1. The lowest BCUT2D eigenvalue weighted by Crippen LogP contribution is -2.48. The van der Waals surface area contributed by atoms with Gasteiger partial charge in [0.05, 0.1) is 0 Å². The van der Waals surface area contributed by atoms with Gasteiger partial charge in [0.1, 0.15) is 5.78 Å². The molecule has 6 rings (SSSR count). The van der Waals surface area contributed by atoms with Gasteiger partial charge in [-0.3, -0.25) is 4.79 Å². The highest BCUT2D eigenvalue weighted by Crippen LogP contribution is 2.71. The van der Waals surface area contributed by atoms with Crippen molar-refractivity contribution in [3.8, 4) is 0 Å². The number of fused-ring (bicyclic) bond motifs is 1. The smallest absolute Gasteiger partial charge is 0.142 e. The monoisotopic (exact) mass is 284 g/mol.